The summed E-state index contributed by atoms with van der Waals surface area (Å²) in [5.74, 6) is -0.904. The first-order valence-corrected chi connectivity index (χ1v) is 7.27. The molecule has 1 heterocycles. The maximum atomic E-state index is 13.6. The molecule has 0 spiro atoms. The Labute approximate surface area is 119 Å². The minimum Gasteiger partial charge on any atom is -0.481 e. The van der Waals surface area contributed by atoms with E-state index in [9.17, 15) is 9.18 Å². The number of nitrogens with zero attached hydrogens (tertiary/aromatic N) is 1. The predicted octanol–water partition coefficient (Wildman–Crippen LogP) is 3.35. The minimum atomic E-state index is -0.739. The van der Waals surface area contributed by atoms with Gasteiger partial charge in [-0.05, 0) is 49.9 Å². The number of carbonyl (C=O) groups is 1. The first-order chi connectivity index (χ1) is 9.56. The van der Waals surface area contributed by atoms with Crippen LogP contribution in [-0.2, 0) is 11.3 Å². The molecule has 4 heteroatoms. The molecule has 1 N–H and O–H groups in total. The third kappa shape index (κ3) is 4.04. The maximum absolute atomic E-state index is 13.6. The van der Waals surface area contributed by atoms with Crippen LogP contribution in [0.1, 0.15) is 43.2 Å². The highest BCUT2D eigenvalue weighted by Gasteiger charge is 2.23. The number of hydrogen-bond acceptors (Lipinski definition) is 2. The Hall–Kier alpha value is -1.42. The van der Waals surface area contributed by atoms with Crippen LogP contribution < -0.4 is 0 Å². The molecule has 110 valence electrons. The normalized spacial score (nSPS) is 20.0. The molecule has 20 heavy (non-hydrogen) atoms. The van der Waals surface area contributed by atoms with Crippen LogP contribution in [0, 0.1) is 12.7 Å². The van der Waals surface area contributed by atoms with E-state index in [1.165, 1.54) is 0 Å². The summed E-state index contributed by atoms with van der Waals surface area (Å²) >= 11 is 0. The number of benzene rings is 1. The Morgan fingerprint density at radius 2 is 2.25 bits per heavy atom. The van der Waals surface area contributed by atoms with E-state index in [1.54, 1.807) is 19.1 Å². The number of likely N-dealkylation sites (tertiary alicyclic amines) is 1. The Morgan fingerprint density at radius 1 is 1.45 bits per heavy atom. The highest BCUT2D eigenvalue weighted by molar-refractivity contribution is 5.66. The van der Waals surface area contributed by atoms with Crippen LogP contribution in [0.4, 0.5) is 4.39 Å². The second kappa shape index (κ2) is 6.84. The molecule has 1 fully saturated rings. The molecule has 0 radical (unpaired) electrons. The number of aryl methyl sites for hydroxylation is 1. The fraction of sp³-hybridized carbons (Fsp3) is 0.562. The van der Waals surface area contributed by atoms with Crippen molar-refractivity contribution in [1.29, 1.82) is 0 Å². The molecule has 1 aliphatic heterocycles. The van der Waals surface area contributed by atoms with Crippen LogP contribution in [0.3, 0.4) is 0 Å². The number of aliphatic carboxylic acids is 1. The summed E-state index contributed by atoms with van der Waals surface area (Å²) in [6.07, 6.45) is 4.23. The lowest BCUT2D eigenvalue weighted by molar-refractivity contribution is -0.137. The maximum Gasteiger partial charge on any atom is 0.303 e. The van der Waals surface area contributed by atoms with E-state index < -0.39 is 5.97 Å². The number of hydrogen-bond donors (Lipinski definition) is 1. The average molecular weight is 279 g/mol. The van der Waals surface area contributed by atoms with Crippen LogP contribution in [0.5, 0.6) is 0 Å². The van der Waals surface area contributed by atoms with Gasteiger partial charge < -0.3 is 5.11 Å². The summed E-state index contributed by atoms with van der Waals surface area (Å²) < 4.78 is 13.6. The van der Waals surface area contributed by atoms with Gasteiger partial charge in [0, 0.05) is 19.0 Å². The molecule has 2 rings (SSSR count). The molecule has 0 aliphatic carbocycles. The zero-order valence-corrected chi connectivity index (χ0v) is 11.9. The molecule has 1 unspecified atom stereocenters. The second-order valence-corrected chi connectivity index (χ2v) is 5.64. The first kappa shape index (κ1) is 15.0. The van der Waals surface area contributed by atoms with Gasteiger partial charge in [0.05, 0.1) is 0 Å². The highest BCUT2D eigenvalue weighted by Crippen LogP contribution is 2.23. The van der Waals surface area contributed by atoms with Crippen molar-refractivity contribution in [3.63, 3.8) is 0 Å². The largest absolute Gasteiger partial charge is 0.481 e. The van der Waals surface area contributed by atoms with E-state index in [0.717, 1.165) is 31.4 Å². The molecule has 0 amide bonds. The van der Waals surface area contributed by atoms with Crippen molar-refractivity contribution in [2.24, 2.45) is 0 Å². The van der Waals surface area contributed by atoms with E-state index in [2.05, 4.69) is 4.90 Å². The van der Waals surface area contributed by atoms with Crippen LogP contribution in [0.2, 0.25) is 0 Å². The van der Waals surface area contributed by atoms with Gasteiger partial charge in [-0.15, -0.1) is 0 Å². The standard InChI is InChI=1S/C16H22FNO2/c1-12-5-6-13(10-15(12)17)11-18-9-3-2-4-14(18)7-8-16(19)20/h5-6,10,14H,2-4,7-9,11H2,1H3,(H,19,20). The van der Waals surface area contributed by atoms with Crippen molar-refractivity contribution in [2.45, 2.75) is 51.6 Å². The third-order valence-corrected chi connectivity index (χ3v) is 4.06. The Balaban J connectivity index is 2.00. The van der Waals surface area contributed by atoms with Crippen LogP contribution in [0.25, 0.3) is 0 Å². The fourth-order valence-electron chi connectivity index (χ4n) is 2.85. The zero-order chi connectivity index (χ0) is 14.5. The van der Waals surface area contributed by atoms with Gasteiger partial charge >= 0.3 is 5.97 Å². The number of carboxylic acid groups (broad SMARTS) is 1. The van der Waals surface area contributed by atoms with Gasteiger partial charge in [0.25, 0.3) is 0 Å². The van der Waals surface area contributed by atoms with Crippen molar-refractivity contribution in [1.82, 2.24) is 4.90 Å². The van der Waals surface area contributed by atoms with Gasteiger partial charge in [0.1, 0.15) is 5.82 Å². The predicted molar refractivity (Wildman–Crippen MR) is 76.1 cm³/mol. The smallest absolute Gasteiger partial charge is 0.303 e. The van der Waals surface area contributed by atoms with Crippen LogP contribution >= 0.6 is 0 Å². The fourth-order valence-corrected chi connectivity index (χ4v) is 2.85. The Morgan fingerprint density at radius 3 is 2.95 bits per heavy atom. The van der Waals surface area contributed by atoms with Crippen molar-refractivity contribution in [2.75, 3.05) is 6.54 Å². The van der Waals surface area contributed by atoms with Crippen LogP contribution in [0.15, 0.2) is 18.2 Å². The van der Waals surface area contributed by atoms with E-state index in [4.69, 9.17) is 5.11 Å². The number of piperidine rings is 1. The van der Waals surface area contributed by atoms with Crippen molar-refractivity contribution < 1.29 is 14.3 Å². The van der Waals surface area contributed by atoms with Gasteiger partial charge in [-0.2, -0.15) is 0 Å². The molecule has 1 saturated heterocycles. The number of rotatable bonds is 5. The van der Waals surface area contributed by atoms with E-state index >= 15 is 0 Å². The molecular formula is C16H22FNO2. The lowest BCUT2D eigenvalue weighted by Crippen LogP contribution is -2.39. The molecule has 1 atom stereocenters. The molecule has 0 bridgehead atoms. The molecule has 0 aromatic heterocycles. The summed E-state index contributed by atoms with van der Waals surface area (Å²) in [7, 11) is 0. The first-order valence-electron chi connectivity index (χ1n) is 7.27. The SMILES string of the molecule is Cc1ccc(CN2CCCCC2CCC(=O)O)cc1F. The zero-order valence-electron chi connectivity index (χ0n) is 11.9. The molecule has 1 aliphatic rings. The lowest BCUT2D eigenvalue weighted by atomic mass is 9.97. The van der Waals surface area contributed by atoms with Gasteiger partial charge in [-0.1, -0.05) is 18.6 Å². The third-order valence-electron chi connectivity index (χ3n) is 4.06. The number of carboxylic acids is 1. The number of halogens is 1. The van der Waals surface area contributed by atoms with Crippen LogP contribution in [-0.4, -0.2) is 28.6 Å². The van der Waals surface area contributed by atoms with Crippen molar-refractivity contribution in [3.05, 3.63) is 35.1 Å². The van der Waals surface area contributed by atoms with Gasteiger partial charge in [0.15, 0.2) is 0 Å². The lowest BCUT2D eigenvalue weighted by Gasteiger charge is -2.35. The Bertz CT molecular complexity index is 476. The van der Waals surface area contributed by atoms with E-state index in [1.807, 2.05) is 6.07 Å². The Kier molecular flexibility index (Phi) is 5.12. The summed E-state index contributed by atoms with van der Waals surface area (Å²) in [5.41, 5.74) is 1.63. The summed E-state index contributed by atoms with van der Waals surface area (Å²) in [6, 6.07) is 5.67. The van der Waals surface area contributed by atoms with E-state index in [-0.39, 0.29) is 12.2 Å². The average Bonchev–Trinajstić information content (AvgIpc) is 2.42. The molecule has 1 aromatic rings. The molecule has 3 nitrogen and oxygen atoms in total. The van der Waals surface area contributed by atoms with Gasteiger partial charge in [-0.3, -0.25) is 9.69 Å². The van der Waals surface area contributed by atoms with Gasteiger partial charge in [-0.25, -0.2) is 4.39 Å². The molecule has 0 saturated carbocycles. The summed E-state index contributed by atoms with van der Waals surface area (Å²) in [4.78, 5) is 13.0. The minimum absolute atomic E-state index is 0.165. The quantitative estimate of drug-likeness (QED) is 0.898. The summed E-state index contributed by atoms with van der Waals surface area (Å²) in [6.45, 7) is 3.44. The van der Waals surface area contributed by atoms with Crippen molar-refractivity contribution in [3.8, 4) is 0 Å². The topological polar surface area (TPSA) is 40.5 Å². The van der Waals surface area contributed by atoms with Gasteiger partial charge in [0.2, 0.25) is 0 Å². The highest BCUT2D eigenvalue weighted by atomic mass is 19.1. The second-order valence-electron chi connectivity index (χ2n) is 5.64. The molecule has 1 aromatic carbocycles. The monoisotopic (exact) mass is 279 g/mol. The van der Waals surface area contributed by atoms with E-state index in [0.29, 0.717) is 24.6 Å². The van der Waals surface area contributed by atoms with Crippen molar-refractivity contribution >= 4 is 5.97 Å². The molecular weight excluding hydrogens is 257 g/mol. The summed E-state index contributed by atoms with van der Waals surface area (Å²) in [5, 5.41) is 8.82.